The van der Waals surface area contributed by atoms with E-state index in [0.717, 1.165) is 12.0 Å². The maximum atomic E-state index is 6.83. The summed E-state index contributed by atoms with van der Waals surface area (Å²) in [5, 5.41) is 0. The fourth-order valence-corrected chi connectivity index (χ4v) is 1.33. The predicted molar refractivity (Wildman–Crippen MR) is 59.1 cm³/mol. The molecular weight excluding hydrogens is 172 g/mol. The van der Waals surface area contributed by atoms with Crippen molar-refractivity contribution in [2.75, 3.05) is 0 Å². The largest absolute Gasteiger partial charge is 0.321 e. The normalized spacial score (nSPS) is 14.1. The molecule has 2 nitrogen and oxygen atoms in total. The number of hydrogen-bond acceptors (Lipinski definition) is 1. The summed E-state index contributed by atoms with van der Waals surface area (Å²) >= 11 is 0. The standard InChI is InChI=1S/C12H14N2/c1-4-9-12(2,13)10-5-7-11(14-3)8-6-10/h4-8H,1,9,13H2,2H3. The fourth-order valence-electron chi connectivity index (χ4n) is 1.33. The van der Waals surface area contributed by atoms with Gasteiger partial charge in [-0.25, -0.2) is 4.85 Å². The van der Waals surface area contributed by atoms with Crippen molar-refractivity contribution in [2.45, 2.75) is 18.9 Å². The van der Waals surface area contributed by atoms with E-state index in [9.17, 15) is 0 Å². The monoisotopic (exact) mass is 186 g/mol. The first-order valence-corrected chi connectivity index (χ1v) is 4.48. The van der Waals surface area contributed by atoms with Crippen molar-refractivity contribution in [3.8, 4) is 0 Å². The molecule has 14 heavy (non-hydrogen) atoms. The third kappa shape index (κ3) is 2.21. The Morgan fingerprint density at radius 3 is 2.50 bits per heavy atom. The molecule has 2 N–H and O–H groups in total. The summed E-state index contributed by atoms with van der Waals surface area (Å²) in [5.41, 5.74) is 7.38. The van der Waals surface area contributed by atoms with Gasteiger partial charge in [0.1, 0.15) is 0 Å². The molecule has 0 bridgehead atoms. The smallest absolute Gasteiger partial charge is 0.187 e. The van der Waals surface area contributed by atoms with Crippen LogP contribution < -0.4 is 5.73 Å². The van der Waals surface area contributed by atoms with Gasteiger partial charge in [0.05, 0.1) is 6.57 Å². The zero-order chi connectivity index (χ0) is 10.6. The summed E-state index contributed by atoms with van der Waals surface area (Å²) < 4.78 is 0. The highest BCUT2D eigenvalue weighted by Crippen LogP contribution is 2.24. The highest BCUT2D eigenvalue weighted by atomic mass is 14.7. The van der Waals surface area contributed by atoms with Crippen molar-refractivity contribution in [3.63, 3.8) is 0 Å². The zero-order valence-electron chi connectivity index (χ0n) is 8.33. The first-order chi connectivity index (χ1) is 6.60. The third-order valence-corrected chi connectivity index (χ3v) is 2.22. The zero-order valence-corrected chi connectivity index (χ0v) is 8.33. The van der Waals surface area contributed by atoms with Crippen LogP contribution in [0.2, 0.25) is 0 Å². The quantitative estimate of drug-likeness (QED) is 0.571. The van der Waals surface area contributed by atoms with Crippen molar-refractivity contribution in [1.82, 2.24) is 0 Å². The van der Waals surface area contributed by atoms with E-state index < -0.39 is 0 Å². The van der Waals surface area contributed by atoms with Gasteiger partial charge in [-0.1, -0.05) is 30.3 Å². The maximum Gasteiger partial charge on any atom is 0.187 e. The molecule has 1 unspecified atom stereocenters. The second-order valence-electron chi connectivity index (χ2n) is 3.57. The molecule has 2 heteroatoms. The minimum absolute atomic E-state index is 0.387. The van der Waals surface area contributed by atoms with Crippen LogP contribution in [0.3, 0.4) is 0 Å². The summed E-state index contributed by atoms with van der Waals surface area (Å²) in [5.74, 6) is 0. The minimum Gasteiger partial charge on any atom is -0.321 e. The van der Waals surface area contributed by atoms with Gasteiger partial charge in [-0.05, 0) is 18.9 Å². The van der Waals surface area contributed by atoms with Gasteiger partial charge in [-0.3, -0.25) is 0 Å². The Hall–Kier alpha value is -1.59. The first kappa shape index (κ1) is 10.5. The Kier molecular flexibility index (Phi) is 3.06. The lowest BCUT2D eigenvalue weighted by atomic mass is 9.90. The van der Waals surface area contributed by atoms with Crippen LogP contribution in [-0.4, -0.2) is 0 Å². The Balaban J connectivity index is 2.97. The lowest BCUT2D eigenvalue weighted by molar-refractivity contribution is 0.502. The van der Waals surface area contributed by atoms with E-state index in [1.165, 1.54) is 0 Å². The maximum absolute atomic E-state index is 6.83. The van der Waals surface area contributed by atoms with Gasteiger partial charge in [0, 0.05) is 5.54 Å². The van der Waals surface area contributed by atoms with Gasteiger partial charge in [-0.15, -0.1) is 6.58 Å². The van der Waals surface area contributed by atoms with Crippen molar-refractivity contribution >= 4 is 5.69 Å². The molecule has 1 rings (SSSR count). The van der Waals surface area contributed by atoms with E-state index >= 15 is 0 Å². The van der Waals surface area contributed by atoms with Crippen LogP contribution in [0.1, 0.15) is 18.9 Å². The molecule has 0 aromatic heterocycles. The molecule has 0 aliphatic carbocycles. The van der Waals surface area contributed by atoms with Gasteiger partial charge in [0.25, 0.3) is 0 Å². The molecule has 1 atom stereocenters. The molecular formula is C12H14N2. The number of rotatable bonds is 3. The van der Waals surface area contributed by atoms with Gasteiger partial charge in [-0.2, -0.15) is 0 Å². The summed E-state index contributed by atoms with van der Waals surface area (Å²) in [6.45, 7) is 12.5. The van der Waals surface area contributed by atoms with Crippen LogP contribution in [0.25, 0.3) is 4.85 Å². The van der Waals surface area contributed by atoms with E-state index in [2.05, 4.69) is 11.4 Å². The molecule has 1 aromatic rings. The summed E-state index contributed by atoms with van der Waals surface area (Å²) in [6, 6.07) is 7.38. The molecule has 0 amide bonds. The predicted octanol–water partition coefficient (Wildman–Crippen LogP) is 2.99. The molecule has 0 aliphatic heterocycles. The number of nitrogens with zero attached hydrogens (tertiary/aromatic N) is 1. The van der Waals surface area contributed by atoms with Crippen LogP contribution in [0, 0.1) is 6.57 Å². The second kappa shape index (κ2) is 4.08. The molecule has 0 spiro atoms. The molecule has 0 saturated heterocycles. The van der Waals surface area contributed by atoms with E-state index in [4.69, 9.17) is 12.3 Å². The van der Waals surface area contributed by atoms with E-state index in [1.807, 2.05) is 25.1 Å². The highest BCUT2D eigenvalue weighted by Gasteiger charge is 2.18. The molecule has 0 heterocycles. The van der Waals surface area contributed by atoms with Crippen molar-refractivity contribution in [1.29, 1.82) is 0 Å². The Bertz CT molecular complexity index is 355. The minimum atomic E-state index is -0.387. The Labute approximate surface area is 84.9 Å². The number of hydrogen-bond donors (Lipinski definition) is 1. The summed E-state index contributed by atoms with van der Waals surface area (Å²) in [6.07, 6.45) is 2.53. The molecule has 1 aromatic carbocycles. The summed E-state index contributed by atoms with van der Waals surface area (Å²) in [7, 11) is 0. The van der Waals surface area contributed by atoms with Crippen LogP contribution in [0.4, 0.5) is 5.69 Å². The van der Waals surface area contributed by atoms with Gasteiger partial charge in [0.2, 0.25) is 0 Å². The lowest BCUT2D eigenvalue weighted by Gasteiger charge is -2.23. The SMILES string of the molecule is [C-]#[N+]c1ccc(C(C)(N)CC=C)cc1. The van der Waals surface area contributed by atoms with Crippen molar-refractivity contribution in [3.05, 3.63) is 53.9 Å². The number of benzene rings is 1. The molecule has 0 aliphatic rings. The fraction of sp³-hybridized carbons (Fsp3) is 0.250. The number of nitrogens with two attached hydrogens (primary N) is 1. The first-order valence-electron chi connectivity index (χ1n) is 4.48. The van der Waals surface area contributed by atoms with Crippen LogP contribution >= 0.6 is 0 Å². The molecule has 72 valence electrons. The highest BCUT2D eigenvalue weighted by molar-refractivity contribution is 5.46. The van der Waals surface area contributed by atoms with Gasteiger partial charge >= 0.3 is 0 Å². The molecule has 0 radical (unpaired) electrons. The topological polar surface area (TPSA) is 30.4 Å². The van der Waals surface area contributed by atoms with Crippen LogP contribution in [0.15, 0.2) is 36.9 Å². The van der Waals surface area contributed by atoms with Crippen molar-refractivity contribution < 1.29 is 0 Å². The summed E-state index contributed by atoms with van der Waals surface area (Å²) in [4.78, 5) is 3.33. The Morgan fingerprint density at radius 1 is 1.50 bits per heavy atom. The molecule has 0 saturated carbocycles. The average molecular weight is 186 g/mol. The third-order valence-electron chi connectivity index (χ3n) is 2.22. The van der Waals surface area contributed by atoms with E-state index in [1.54, 1.807) is 12.1 Å². The van der Waals surface area contributed by atoms with Gasteiger partial charge < -0.3 is 5.73 Å². The molecule has 0 fully saturated rings. The van der Waals surface area contributed by atoms with E-state index in [-0.39, 0.29) is 5.54 Å². The van der Waals surface area contributed by atoms with Crippen LogP contribution in [-0.2, 0) is 5.54 Å². The lowest BCUT2D eigenvalue weighted by Crippen LogP contribution is -2.32. The van der Waals surface area contributed by atoms with Crippen LogP contribution in [0.5, 0.6) is 0 Å². The average Bonchev–Trinajstić information content (AvgIpc) is 2.18. The Morgan fingerprint density at radius 2 is 2.07 bits per heavy atom. The van der Waals surface area contributed by atoms with E-state index in [0.29, 0.717) is 5.69 Å². The van der Waals surface area contributed by atoms with Crippen molar-refractivity contribution in [2.24, 2.45) is 5.73 Å². The second-order valence-corrected chi connectivity index (χ2v) is 3.57. The van der Waals surface area contributed by atoms with Gasteiger partial charge in [0.15, 0.2) is 5.69 Å².